The molecule has 5 nitrogen and oxygen atoms in total. The number of ether oxygens (including phenoxy) is 1. The van der Waals surface area contributed by atoms with Gasteiger partial charge in [-0.2, -0.15) is 0 Å². The van der Waals surface area contributed by atoms with Crippen LogP contribution in [0.2, 0.25) is 0 Å². The quantitative estimate of drug-likeness (QED) is 0.627. The fraction of sp³-hybridized carbons (Fsp3) is 0.176. The van der Waals surface area contributed by atoms with Gasteiger partial charge in [0.2, 0.25) is 5.91 Å². The first kappa shape index (κ1) is 20.0. The van der Waals surface area contributed by atoms with Crippen LogP contribution in [-0.2, 0) is 11.3 Å². The number of benzene rings is 2. The molecule has 26 heavy (non-hydrogen) atoms. The molecule has 2 rings (SSSR count). The first-order valence-electron chi connectivity index (χ1n) is 7.39. The summed E-state index contributed by atoms with van der Waals surface area (Å²) in [5.41, 5.74) is 0.604. The van der Waals surface area contributed by atoms with Crippen LogP contribution >= 0.6 is 22.6 Å². The molecule has 9 heteroatoms. The van der Waals surface area contributed by atoms with Crippen LogP contribution in [0.3, 0.4) is 0 Å². The van der Waals surface area contributed by atoms with Crippen LogP contribution in [0.15, 0.2) is 48.5 Å². The van der Waals surface area contributed by atoms with Gasteiger partial charge in [-0.1, -0.05) is 30.3 Å². The van der Waals surface area contributed by atoms with Crippen LogP contribution in [0, 0.1) is 3.57 Å². The highest BCUT2D eigenvalue weighted by molar-refractivity contribution is 14.1. The van der Waals surface area contributed by atoms with E-state index in [4.69, 9.17) is 0 Å². The lowest BCUT2D eigenvalue weighted by Gasteiger charge is -2.13. The molecule has 0 aliphatic carbocycles. The maximum absolute atomic E-state index is 12.4. The third-order valence-electron chi connectivity index (χ3n) is 3.20. The first-order chi connectivity index (χ1) is 12.3. The van der Waals surface area contributed by atoms with Crippen molar-refractivity contribution in [2.45, 2.75) is 12.9 Å². The lowest BCUT2D eigenvalue weighted by atomic mass is 10.2. The summed E-state index contributed by atoms with van der Waals surface area (Å²) in [6, 6.07) is 12.4. The summed E-state index contributed by atoms with van der Waals surface area (Å²) in [5, 5.41) is 4.91. The summed E-state index contributed by atoms with van der Waals surface area (Å²) in [5.74, 6) is -1.33. The lowest BCUT2D eigenvalue weighted by Crippen LogP contribution is -2.37. The fourth-order valence-electron chi connectivity index (χ4n) is 2.03. The number of halogens is 4. The van der Waals surface area contributed by atoms with Crippen LogP contribution < -0.4 is 15.4 Å². The predicted molar refractivity (Wildman–Crippen MR) is 96.5 cm³/mol. The van der Waals surface area contributed by atoms with Crippen LogP contribution in [-0.4, -0.2) is 24.7 Å². The summed E-state index contributed by atoms with van der Waals surface area (Å²) in [6.45, 7) is -0.462. The fourth-order valence-corrected chi connectivity index (χ4v) is 2.66. The molecule has 0 saturated heterocycles. The van der Waals surface area contributed by atoms with E-state index < -0.39 is 18.2 Å². The summed E-state index contributed by atoms with van der Waals surface area (Å²) < 4.78 is 41.7. The minimum atomic E-state index is -4.82. The lowest BCUT2D eigenvalue weighted by molar-refractivity contribution is -0.274. The number of hydrogen-bond donors (Lipinski definition) is 2. The van der Waals surface area contributed by atoms with E-state index in [1.54, 1.807) is 24.3 Å². The molecule has 138 valence electrons. The molecule has 0 aliphatic heterocycles. The molecule has 0 heterocycles. The Morgan fingerprint density at radius 3 is 2.35 bits per heavy atom. The highest BCUT2D eigenvalue weighted by atomic mass is 127. The minimum Gasteiger partial charge on any atom is -0.405 e. The summed E-state index contributed by atoms with van der Waals surface area (Å²) in [6.07, 6.45) is -4.82. The molecular weight excluding hydrogens is 464 g/mol. The average molecular weight is 478 g/mol. The molecular formula is C17H14F3IN2O3. The third-order valence-corrected chi connectivity index (χ3v) is 4.14. The summed E-state index contributed by atoms with van der Waals surface area (Å²) in [7, 11) is 0. The Morgan fingerprint density at radius 2 is 1.65 bits per heavy atom. The van der Waals surface area contributed by atoms with Gasteiger partial charge in [0.05, 0.1) is 12.1 Å². The molecule has 2 aromatic rings. The van der Waals surface area contributed by atoms with Gasteiger partial charge in [0, 0.05) is 15.7 Å². The SMILES string of the molecule is O=C(CNC(=O)c1ccccc1I)NCc1ccccc1OC(F)(F)F. The zero-order valence-corrected chi connectivity index (χ0v) is 15.4. The van der Waals surface area contributed by atoms with Crippen molar-refractivity contribution < 1.29 is 27.5 Å². The first-order valence-corrected chi connectivity index (χ1v) is 8.47. The van der Waals surface area contributed by atoms with Gasteiger partial charge in [-0.25, -0.2) is 0 Å². The largest absolute Gasteiger partial charge is 0.573 e. The van der Waals surface area contributed by atoms with E-state index >= 15 is 0 Å². The number of nitrogens with one attached hydrogen (secondary N) is 2. The van der Waals surface area contributed by atoms with Crippen molar-refractivity contribution >= 4 is 34.4 Å². The molecule has 0 unspecified atom stereocenters. The Hall–Kier alpha value is -2.30. The van der Waals surface area contributed by atoms with Gasteiger partial charge in [-0.05, 0) is 40.8 Å². The molecule has 2 aromatic carbocycles. The van der Waals surface area contributed by atoms with Gasteiger partial charge in [0.15, 0.2) is 0 Å². The second-order valence-corrected chi connectivity index (χ2v) is 6.26. The Morgan fingerprint density at radius 1 is 1.00 bits per heavy atom. The smallest absolute Gasteiger partial charge is 0.405 e. The number of rotatable bonds is 6. The zero-order chi connectivity index (χ0) is 19.2. The maximum atomic E-state index is 12.4. The topological polar surface area (TPSA) is 67.4 Å². The van der Waals surface area contributed by atoms with Gasteiger partial charge in [0.1, 0.15) is 5.75 Å². The molecule has 2 N–H and O–H groups in total. The number of para-hydroxylation sites is 1. The highest BCUT2D eigenvalue weighted by Gasteiger charge is 2.31. The van der Waals surface area contributed by atoms with E-state index in [1.165, 1.54) is 18.2 Å². The van der Waals surface area contributed by atoms with E-state index in [1.807, 2.05) is 22.6 Å². The molecule has 0 bridgehead atoms. The number of carbonyl (C=O) groups is 2. The molecule has 0 spiro atoms. The van der Waals surface area contributed by atoms with Gasteiger partial charge < -0.3 is 15.4 Å². The Balaban J connectivity index is 1.88. The number of hydrogen-bond acceptors (Lipinski definition) is 3. The molecule has 0 aromatic heterocycles. The molecule has 0 atom stereocenters. The van der Waals surface area contributed by atoms with Crippen molar-refractivity contribution in [1.29, 1.82) is 0 Å². The maximum Gasteiger partial charge on any atom is 0.573 e. The number of alkyl halides is 3. The summed E-state index contributed by atoms with van der Waals surface area (Å²) >= 11 is 2.00. The minimum absolute atomic E-state index is 0.163. The number of carbonyl (C=O) groups excluding carboxylic acids is 2. The van der Waals surface area contributed by atoms with Crippen molar-refractivity contribution in [2.75, 3.05) is 6.54 Å². The molecule has 0 radical (unpaired) electrons. The van der Waals surface area contributed by atoms with Crippen LogP contribution in [0.1, 0.15) is 15.9 Å². The second kappa shape index (κ2) is 8.88. The standard InChI is InChI=1S/C17H14F3IN2O3/c18-17(19,20)26-14-8-4-1-5-11(14)9-22-15(24)10-23-16(25)12-6-2-3-7-13(12)21/h1-8H,9-10H2,(H,22,24)(H,23,25). The van der Waals surface area contributed by atoms with Gasteiger partial charge in [-0.15, -0.1) is 13.2 Å². The van der Waals surface area contributed by atoms with Crippen molar-refractivity contribution in [3.05, 3.63) is 63.2 Å². The van der Waals surface area contributed by atoms with E-state index in [0.717, 1.165) is 9.64 Å². The summed E-state index contributed by atoms with van der Waals surface area (Å²) in [4.78, 5) is 23.9. The van der Waals surface area contributed by atoms with E-state index in [9.17, 15) is 22.8 Å². The molecule has 0 fully saturated rings. The predicted octanol–water partition coefficient (Wildman–Crippen LogP) is 3.24. The second-order valence-electron chi connectivity index (χ2n) is 5.09. The van der Waals surface area contributed by atoms with Crippen LogP contribution in [0.25, 0.3) is 0 Å². The van der Waals surface area contributed by atoms with Gasteiger partial charge in [-0.3, -0.25) is 9.59 Å². The van der Waals surface area contributed by atoms with Gasteiger partial charge in [0.25, 0.3) is 5.91 Å². The average Bonchev–Trinajstić information content (AvgIpc) is 2.58. The Kier molecular flexibility index (Phi) is 6.83. The Bertz CT molecular complexity index is 797. The van der Waals surface area contributed by atoms with Crippen molar-refractivity contribution in [3.8, 4) is 5.75 Å². The normalized spacial score (nSPS) is 10.9. The van der Waals surface area contributed by atoms with E-state index in [-0.39, 0.29) is 24.4 Å². The monoisotopic (exact) mass is 478 g/mol. The van der Waals surface area contributed by atoms with Crippen molar-refractivity contribution in [1.82, 2.24) is 10.6 Å². The van der Waals surface area contributed by atoms with Crippen LogP contribution in [0.5, 0.6) is 5.75 Å². The van der Waals surface area contributed by atoms with E-state index in [2.05, 4.69) is 15.4 Å². The molecule has 0 aliphatic rings. The third kappa shape index (κ3) is 6.21. The molecule has 0 saturated carbocycles. The Labute approximate surface area is 161 Å². The highest BCUT2D eigenvalue weighted by Crippen LogP contribution is 2.26. The van der Waals surface area contributed by atoms with Crippen LogP contribution in [0.4, 0.5) is 13.2 Å². The molecule has 2 amide bonds. The van der Waals surface area contributed by atoms with Gasteiger partial charge >= 0.3 is 6.36 Å². The number of amides is 2. The zero-order valence-electron chi connectivity index (χ0n) is 13.3. The van der Waals surface area contributed by atoms with Crippen molar-refractivity contribution in [3.63, 3.8) is 0 Å². The van der Waals surface area contributed by atoms with Crippen molar-refractivity contribution in [2.24, 2.45) is 0 Å². The van der Waals surface area contributed by atoms with E-state index in [0.29, 0.717) is 5.56 Å².